The molecule has 0 fully saturated rings. The molecule has 1 rings (SSSR count). The quantitative estimate of drug-likeness (QED) is 0.328. The van der Waals surface area contributed by atoms with Crippen LogP contribution >= 0.6 is 0 Å². The highest BCUT2D eigenvalue weighted by molar-refractivity contribution is 5.75. The topological polar surface area (TPSA) is 83.8 Å². The summed E-state index contributed by atoms with van der Waals surface area (Å²) in [7, 11) is 0. The fourth-order valence-electron chi connectivity index (χ4n) is 0.940. The summed E-state index contributed by atoms with van der Waals surface area (Å²) in [6.45, 7) is 0. The summed E-state index contributed by atoms with van der Waals surface area (Å²) < 4.78 is 0. The van der Waals surface area contributed by atoms with E-state index < -0.39 is 0 Å². The minimum absolute atomic E-state index is 0.126. The van der Waals surface area contributed by atoms with E-state index in [1.807, 2.05) is 6.20 Å². The zero-order valence-corrected chi connectivity index (χ0v) is 6.71. The molecule has 0 aliphatic carbocycles. The number of aromatic nitrogens is 2. The van der Waals surface area contributed by atoms with Gasteiger partial charge in [-0.05, 0) is 18.4 Å². The van der Waals surface area contributed by atoms with Gasteiger partial charge < -0.3 is 0 Å². The summed E-state index contributed by atoms with van der Waals surface area (Å²) >= 11 is 0. The van der Waals surface area contributed by atoms with Crippen molar-refractivity contribution in [3.8, 4) is 0 Å². The highest BCUT2D eigenvalue weighted by atomic mass is 16.2. The molecule has 0 aliphatic heterocycles. The van der Waals surface area contributed by atoms with E-state index in [0.29, 0.717) is 6.42 Å². The molecular weight excluding hydrogens is 156 g/mol. The number of amides is 1. The van der Waals surface area contributed by atoms with Gasteiger partial charge in [0.15, 0.2) is 0 Å². The number of rotatable bonds is 4. The van der Waals surface area contributed by atoms with E-state index in [2.05, 4.69) is 15.6 Å². The third-order valence-corrected chi connectivity index (χ3v) is 1.59. The molecule has 0 aromatic carbocycles. The fraction of sp³-hybridized carbons (Fsp3) is 0.429. The molecule has 4 N–H and O–H groups in total. The van der Waals surface area contributed by atoms with Crippen molar-refractivity contribution in [3.05, 3.63) is 18.0 Å². The number of hydrogen-bond acceptors (Lipinski definition) is 3. The first kappa shape index (κ1) is 8.73. The summed E-state index contributed by atoms with van der Waals surface area (Å²) in [6.07, 6.45) is 5.68. The second-order valence-electron chi connectivity index (χ2n) is 2.53. The molecule has 1 aromatic rings. The van der Waals surface area contributed by atoms with Gasteiger partial charge in [0.2, 0.25) is 5.91 Å². The van der Waals surface area contributed by atoms with Crippen molar-refractivity contribution in [2.75, 3.05) is 0 Å². The lowest BCUT2D eigenvalue weighted by Gasteiger charge is -1.97. The average molecular weight is 168 g/mol. The number of aryl methyl sites for hydroxylation is 1. The smallest absolute Gasteiger partial charge is 0.233 e. The highest BCUT2D eigenvalue weighted by Gasteiger charge is 1.98. The molecule has 0 bridgehead atoms. The minimum Gasteiger partial charge on any atom is -0.294 e. The van der Waals surface area contributed by atoms with E-state index >= 15 is 0 Å². The van der Waals surface area contributed by atoms with Crippen LogP contribution in [0.1, 0.15) is 18.4 Å². The van der Waals surface area contributed by atoms with E-state index in [9.17, 15) is 4.79 Å². The van der Waals surface area contributed by atoms with Crippen molar-refractivity contribution >= 4 is 5.91 Å². The van der Waals surface area contributed by atoms with Gasteiger partial charge in [-0.1, -0.05) is 0 Å². The molecule has 66 valence electrons. The van der Waals surface area contributed by atoms with Crippen molar-refractivity contribution in [3.63, 3.8) is 0 Å². The molecule has 12 heavy (non-hydrogen) atoms. The van der Waals surface area contributed by atoms with Crippen molar-refractivity contribution in [1.29, 1.82) is 0 Å². The Morgan fingerprint density at radius 1 is 1.75 bits per heavy atom. The third-order valence-electron chi connectivity index (χ3n) is 1.59. The lowest BCUT2D eigenvalue weighted by atomic mass is 10.1. The summed E-state index contributed by atoms with van der Waals surface area (Å²) in [6, 6.07) is 0. The molecular formula is C7H12N4O. The zero-order chi connectivity index (χ0) is 8.81. The number of H-pyrrole nitrogens is 1. The summed E-state index contributed by atoms with van der Waals surface area (Å²) in [5.41, 5.74) is 3.19. The van der Waals surface area contributed by atoms with E-state index in [4.69, 9.17) is 5.84 Å². The lowest BCUT2D eigenvalue weighted by Crippen LogP contribution is -2.29. The zero-order valence-electron chi connectivity index (χ0n) is 6.71. The van der Waals surface area contributed by atoms with E-state index in [1.54, 1.807) is 6.20 Å². The molecule has 0 saturated heterocycles. The Morgan fingerprint density at radius 3 is 3.17 bits per heavy atom. The van der Waals surface area contributed by atoms with Gasteiger partial charge in [-0.3, -0.25) is 15.3 Å². The number of hydrazine groups is 1. The molecule has 1 amide bonds. The Kier molecular flexibility index (Phi) is 3.28. The summed E-state index contributed by atoms with van der Waals surface area (Å²) in [5, 5.41) is 6.50. The van der Waals surface area contributed by atoms with Crippen LogP contribution in [0.25, 0.3) is 0 Å². The normalized spacial score (nSPS) is 9.75. The van der Waals surface area contributed by atoms with E-state index in [0.717, 1.165) is 18.4 Å². The second kappa shape index (κ2) is 4.50. The van der Waals surface area contributed by atoms with Gasteiger partial charge in [-0.15, -0.1) is 0 Å². The van der Waals surface area contributed by atoms with Crippen molar-refractivity contribution in [2.24, 2.45) is 5.84 Å². The Balaban J connectivity index is 2.15. The first-order valence-corrected chi connectivity index (χ1v) is 3.80. The number of nitrogens with two attached hydrogens (primary N) is 1. The number of aromatic amines is 1. The predicted molar refractivity (Wildman–Crippen MR) is 43.9 cm³/mol. The Hall–Kier alpha value is -1.36. The fourth-order valence-corrected chi connectivity index (χ4v) is 0.940. The summed E-state index contributed by atoms with van der Waals surface area (Å²) in [5.74, 6) is 4.79. The molecule has 0 unspecified atom stereocenters. The van der Waals surface area contributed by atoms with Gasteiger partial charge in [-0.25, -0.2) is 5.84 Å². The van der Waals surface area contributed by atoms with Gasteiger partial charge in [0.05, 0.1) is 6.20 Å². The molecule has 0 radical (unpaired) electrons. The molecule has 5 heteroatoms. The van der Waals surface area contributed by atoms with Gasteiger partial charge in [0.1, 0.15) is 0 Å². The van der Waals surface area contributed by atoms with Crippen LogP contribution in [0.2, 0.25) is 0 Å². The second-order valence-corrected chi connectivity index (χ2v) is 2.53. The number of carbonyl (C=O) groups is 1. The Morgan fingerprint density at radius 2 is 2.58 bits per heavy atom. The molecule has 0 aliphatic rings. The van der Waals surface area contributed by atoms with Crippen molar-refractivity contribution in [1.82, 2.24) is 15.6 Å². The summed E-state index contributed by atoms with van der Waals surface area (Å²) in [4.78, 5) is 10.7. The lowest BCUT2D eigenvalue weighted by molar-refractivity contribution is -0.121. The monoisotopic (exact) mass is 168 g/mol. The Labute approximate surface area is 70.3 Å². The SMILES string of the molecule is NNC(=O)CCCc1cn[nH]c1. The first-order chi connectivity index (χ1) is 5.83. The van der Waals surface area contributed by atoms with Crippen LogP contribution in [-0.4, -0.2) is 16.1 Å². The van der Waals surface area contributed by atoms with Crippen LogP contribution in [0.15, 0.2) is 12.4 Å². The van der Waals surface area contributed by atoms with Crippen LogP contribution in [0.5, 0.6) is 0 Å². The van der Waals surface area contributed by atoms with Crippen LogP contribution in [0.3, 0.4) is 0 Å². The highest BCUT2D eigenvalue weighted by Crippen LogP contribution is 2.01. The molecule has 0 atom stereocenters. The average Bonchev–Trinajstić information content (AvgIpc) is 2.57. The van der Waals surface area contributed by atoms with Crippen LogP contribution < -0.4 is 11.3 Å². The van der Waals surface area contributed by atoms with E-state index in [1.165, 1.54) is 0 Å². The molecule has 1 heterocycles. The number of nitrogens with one attached hydrogen (secondary N) is 2. The third kappa shape index (κ3) is 2.71. The van der Waals surface area contributed by atoms with E-state index in [-0.39, 0.29) is 5.91 Å². The standard InChI is InChI=1S/C7H12N4O/c8-11-7(12)3-1-2-6-4-9-10-5-6/h4-5H,1-3,8H2,(H,9,10)(H,11,12). The van der Waals surface area contributed by atoms with Crippen molar-refractivity contribution in [2.45, 2.75) is 19.3 Å². The maximum Gasteiger partial charge on any atom is 0.233 e. The minimum atomic E-state index is -0.126. The first-order valence-electron chi connectivity index (χ1n) is 3.80. The largest absolute Gasteiger partial charge is 0.294 e. The molecule has 5 nitrogen and oxygen atoms in total. The van der Waals surface area contributed by atoms with Gasteiger partial charge in [-0.2, -0.15) is 5.10 Å². The van der Waals surface area contributed by atoms with Gasteiger partial charge in [0, 0.05) is 12.6 Å². The van der Waals surface area contributed by atoms with Crippen molar-refractivity contribution < 1.29 is 4.79 Å². The maximum absolute atomic E-state index is 10.7. The predicted octanol–water partition coefficient (Wildman–Crippen LogP) is -0.278. The number of hydrogen-bond donors (Lipinski definition) is 3. The molecule has 0 saturated carbocycles. The molecule has 1 aromatic heterocycles. The van der Waals surface area contributed by atoms with Gasteiger partial charge in [0.25, 0.3) is 0 Å². The number of carbonyl (C=O) groups excluding carboxylic acids is 1. The van der Waals surface area contributed by atoms with Crippen LogP contribution in [0, 0.1) is 0 Å². The number of nitrogens with zero attached hydrogens (tertiary/aromatic N) is 1. The maximum atomic E-state index is 10.7. The molecule has 0 spiro atoms. The van der Waals surface area contributed by atoms with Crippen LogP contribution in [-0.2, 0) is 11.2 Å². The Bertz CT molecular complexity index is 232. The van der Waals surface area contributed by atoms with Gasteiger partial charge >= 0.3 is 0 Å². The van der Waals surface area contributed by atoms with Crippen LogP contribution in [0.4, 0.5) is 0 Å².